The molecule has 2 unspecified atom stereocenters. The molecule has 2 rings (SSSR count). The van der Waals surface area contributed by atoms with Crippen LogP contribution in [0.4, 0.5) is 5.69 Å². The van der Waals surface area contributed by atoms with Gasteiger partial charge in [-0.3, -0.25) is 14.9 Å². The number of piperazine rings is 1. The Morgan fingerprint density at radius 1 is 1.40 bits per heavy atom. The summed E-state index contributed by atoms with van der Waals surface area (Å²) in [5.74, 6) is -0.715. The number of nitrogens with one attached hydrogen (secondary N) is 1. The SMILES string of the molecule is CC1CN(C(=O)c2ccc([N+](=O)[O-])c(O)c2)CC(C)N1. The number of hydrogen-bond acceptors (Lipinski definition) is 5. The number of phenols is 1. The third kappa shape index (κ3) is 2.88. The maximum atomic E-state index is 12.3. The topological polar surface area (TPSA) is 95.7 Å². The first kappa shape index (κ1) is 14.3. The third-order valence-electron chi connectivity index (χ3n) is 3.26. The van der Waals surface area contributed by atoms with E-state index in [0.29, 0.717) is 13.1 Å². The van der Waals surface area contributed by atoms with Crippen molar-refractivity contribution >= 4 is 11.6 Å². The Morgan fingerprint density at radius 2 is 2.00 bits per heavy atom. The lowest BCUT2D eigenvalue weighted by atomic mass is 10.1. The number of hydrogen-bond donors (Lipinski definition) is 2. The number of aromatic hydroxyl groups is 1. The van der Waals surface area contributed by atoms with Crippen LogP contribution in [0.1, 0.15) is 24.2 Å². The van der Waals surface area contributed by atoms with E-state index in [2.05, 4.69) is 5.32 Å². The van der Waals surface area contributed by atoms with E-state index in [-0.39, 0.29) is 23.6 Å². The number of amides is 1. The van der Waals surface area contributed by atoms with Crippen molar-refractivity contribution in [1.82, 2.24) is 10.2 Å². The normalized spacial score (nSPS) is 22.6. The molecule has 7 nitrogen and oxygen atoms in total. The molecule has 1 amide bonds. The highest BCUT2D eigenvalue weighted by Gasteiger charge is 2.26. The minimum atomic E-state index is -0.682. The number of rotatable bonds is 2. The zero-order valence-electron chi connectivity index (χ0n) is 11.4. The largest absolute Gasteiger partial charge is 0.502 e. The van der Waals surface area contributed by atoms with E-state index in [4.69, 9.17) is 0 Å². The number of benzene rings is 1. The van der Waals surface area contributed by atoms with Crippen molar-refractivity contribution in [2.75, 3.05) is 13.1 Å². The quantitative estimate of drug-likeness (QED) is 0.625. The van der Waals surface area contributed by atoms with Crippen LogP contribution < -0.4 is 5.32 Å². The van der Waals surface area contributed by atoms with Gasteiger partial charge < -0.3 is 15.3 Å². The summed E-state index contributed by atoms with van der Waals surface area (Å²) in [6.07, 6.45) is 0. The number of nitro benzene ring substituents is 1. The maximum Gasteiger partial charge on any atom is 0.310 e. The summed E-state index contributed by atoms with van der Waals surface area (Å²) in [7, 11) is 0. The predicted octanol–water partition coefficient (Wildman–Crippen LogP) is 1.12. The van der Waals surface area contributed by atoms with Crippen molar-refractivity contribution in [3.63, 3.8) is 0 Å². The molecule has 2 atom stereocenters. The van der Waals surface area contributed by atoms with Crippen LogP contribution in [-0.2, 0) is 0 Å². The summed E-state index contributed by atoms with van der Waals surface area (Å²) in [5, 5.41) is 23.5. The van der Waals surface area contributed by atoms with E-state index in [1.54, 1.807) is 4.90 Å². The summed E-state index contributed by atoms with van der Waals surface area (Å²) in [6, 6.07) is 4.05. The fourth-order valence-electron chi connectivity index (χ4n) is 2.49. The first-order valence-corrected chi connectivity index (χ1v) is 6.41. The second-order valence-corrected chi connectivity index (χ2v) is 5.14. The fourth-order valence-corrected chi connectivity index (χ4v) is 2.49. The van der Waals surface area contributed by atoms with Crippen LogP contribution in [-0.4, -0.2) is 46.0 Å². The van der Waals surface area contributed by atoms with E-state index >= 15 is 0 Å². The van der Waals surface area contributed by atoms with Crippen LogP contribution in [0.15, 0.2) is 18.2 Å². The van der Waals surface area contributed by atoms with E-state index < -0.39 is 16.4 Å². The number of carbonyl (C=O) groups is 1. The van der Waals surface area contributed by atoms with Crippen molar-refractivity contribution in [3.8, 4) is 5.75 Å². The van der Waals surface area contributed by atoms with Gasteiger partial charge in [0.2, 0.25) is 0 Å². The van der Waals surface area contributed by atoms with Crippen molar-refractivity contribution in [1.29, 1.82) is 0 Å². The Hall–Kier alpha value is -2.15. The average Bonchev–Trinajstić information content (AvgIpc) is 2.36. The van der Waals surface area contributed by atoms with Crippen molar-refractivity contribution in [2.24, 2.45) is 0 Å². The summed E-state index contributed by atoms with van der Waals surface area (Å²) in [4.78, 5) is 24.0. The molecule has 1 saturated heterocycles. The van der Waals surface area contributed by atoms with Gasteiger partial charge in [0.05, 0.1) is 4.92 Å². The standard InChI is InChI=1S/C13H17N3O4/c1-8-6-15(7-9(2)14-8)13(18)10-3-4-11(16(19)20)12(17)5-10/h3-5,8-9,14,17H,6-7H2,1-2H3. The number of phenolic OH excluding ortho intramolecular Hbond substituents is 1. The highest BCUT2D eigenvalue weighted by Crippen LogP contribution is 2.27. The Labute approximate surface area is 116 Å². The molecule has 0 bridgehead atoms. The van der Waals surface area contributed by atoms with E-state index in [0.717, 1.165) is 12.1 Å². The highest BCUT2D eigenvalue weighted by molar-refractivity contribution is 5.95. The van der Waals surface area contributed by atoms with Crippen LogP contribution >= 0.6 is 0 Å². The van der Waals surface area contributed by atoms with Gasteiger partial charge in [-0.1, -0.05) is 0 Å². The van der Waals surface area contributed by atoms with Gasteiger partial charge in [-0.15, -0.1) is 0 Å². The van der Waals surface area contributed by atoms with Gasteiger partial charge >= 0.3 is 5.69 Å². The summed E-state index contributed by atoms with van der Waals surface area (Å²) in [5.41, 5.74) is -0.141. The lowest BCUT2D eigenvalue weighted by Crippen LogP contribution is -2.55. The van der Waals surface area contributed by atoms with Crippen LogP contribution in [0.25, 0.3) is 0 Å². The third-order valence-corrected chi connectivity index (χ3v) is 3.26. The molecule has 1 fully saturated rings. The Balaban J connectivity index is 2.21. The van der Waals surface area contributed by atoms with Gasteiger partial charge in [0.1, 0.15) is 0 Å². The van der Waals surface area contributed by atoms with Crippen molar-refractivity contribution in [2.45, 2.75) is 25.9 Å². The molecular formula is C13H17N3O4. The van der Waals surface area contributed by atoms with Gasteiger partial charge in [0, 0.05) is 36.8 Å². The highest BCUT2D eigenvalue weighted by atomic mass is 16.6. The summed E-state index contributed by atoms with van der Waals surface area (Å²) in [6.45, 7) is 5.12. The first-order valence-electron chi connectivity index (χ1n) is 6.41. The lowest BCUT2D eigenvalue weighted by Gasteiger charge is -2.36. The van der Waals surface area contributed by atoms with Crippen molar-refractivity contribution < 1.29 is 14.8 Å². The van der Waals surface area contributed by atoms with Crippen LogP contribution in [0.3, 0.4) is 0 Å². The van der Waals surface area contributed by atoms with E-state index in [1.807, 2.05) is 13.8 Å². The van der Waals surface area contributed by atoms with Crippen LogP contribution in [0.2, 0.25) is 0 Å². The predicted molar refractivity (Wildman–Crippen MR) is 72.7 cm³/mol. The molecular weight excluding hydrogens is 262 g/mol. The zero-order valence-corrected chi connectivity index (χ0v) is 11.4. The first-order chi connectivity index (χ1) is 9.38. The number of nitrogens with zero attached hydrogens (tertiary/aromatic N) is 2. The molecule has 20 heavy (non-hydrogen) atoms. The molecule has 1 aliphatic rings. The van der Waals surface area contributed by atoms with Gasteiger partial charge in [-0.2, -0.15) is 0 Å². The van der Waals surface area contributed by atoms with Crippen molar-refractivity contribution in [3.05, 3.63) is 33.9 Å². The molecule has 108 valence electrons. The van der Waals surface area contributed by atoms with Crippen LogP contribution in [0, 0.1) is 10.1 Å². The summed E-state index contributed by atoms with van der Waals surface area (Å²) >= 11 is 0. The van der Waals surface area contributed by atoms with Gasteiger partial charge in [0.15, 0.2) is 5.75 Å². The van der Waals surface area contributed by atoms with E-state index in [9.17, 15) is 20.0 Å². The Kier molecular flexibility index (Phi) is 3.89. The molecule has 0 radical (unpaired) electrons. The second-order valence-electron chi connectivity index (χ2n) is 5.14. The molecule has 0 saturated carbocycles. The smallest absolute Gasteiger partial charge is 0.310 e. The van der Waals surface area contributed by atoms with Gasteiger partial charge in [-0.25, -0.2) is 0 Å². The molecule has 7 heteroatoms. The molecule has 0 aromatic heterocycles. The second kappa shape index (κ2) is 5.46. The average molecular weight is 279 g/mol. The minimum Gasteiger partial charge on any atom is -0.502 e. The molecule has 0 spiro atoms. The zero-order chi connectivity index (χ0) is 14.9. The number of carbonyl (C=O) groups excluding carboxylic acids is 1. The molecule has 1 aliphatic heterocycles. The fraction of sp³-hybridized carbons (Fsp3) is 0.462. The summed E-state index contributed by atoms with van der Waals surface area (Å²) < 4.78 is 0. The van der Waals surface area contributed by atoms with Crippen LogP contribution in [0.5, 0.6) is 5.75 Å². The number of nitro groups is 1. The Bertz CT molecular complexity index is 536. The Morgan fingerprint density at radius 3 is 2.50 bits per heavy atom. The molecule has 0 aliphatic carbocycles. The molecule has 1 heterocycles. The molecule has 1 aromatic carbocycles. The molecule has 1 aromatic rings. The van der Waals surface area contributed by atoms with Gasteiger partial charge in [-0.05, 0) is 26.0 Å². The monoisotopic (exact) mass is 279 g/mol. The maximum absolute atomic E-state index is 12.3. The van der Waals surface area contributed by atoms with E-state index in [1.165, 1.54) is 6.07 Å². The van der Waals surface area contributed by atoms with Gasteiger partial charge in [0.25, 0.3) is 5.91 Å². The molecule has 2 N–H and O–H groups in total. The minimum absolute atomic E-state index is 0.189. The lowest BCUT2D eigenvalue weighted by molar-refractivity contribution is -0.385.